The van der Waals surface area contributed by atoms with Crippen molar-refractivity contribution in [3.63, 3.8) is 0 Å². The lowest BCUT2D eigenvalue weighted by Crippen LogP contribution is -2.41. The molecular weight excluding hydrogens is 296 g/mol. The number of likely N-dealkylation sites (N-methyl/N-ethyl adjacent to an activating group) is 1. The molecule has 0 aliphatic rings. The molecule has 0 aliphatic heterocycles. The lowest BCUT2D eigenvalue weighted by molar-refractivity contribution is 0.0550. The van der Waals surface area contributed by atoms with Gasteiger partial charge in [-0.15, -0.1) is 0 Å². The van der Waals surface area contributed by atoms with Gasteiger partial charge in [-0.3, -0.25) is 0 Å². The average Bonchev–Trinajstić information content (AvgIpc) is 2.21. The summed E-state index contributed by atoms with van der Waals surface area (Å²) in [5.74, 6) is 0. The van der Waals surface area contributed by atoms with Crippen LogP contribution in [0.25, 0.3) is 0 Å². The Balaban J connectivity index is 2.67. The Hall–Kier alpha value is -1.07. The quantitative estimate of drug-likeness (QED) is 0.901. The number of halogens is 1. The first-order chi connectivity index (χ1) is 8.19. The maximum absolute atomic E-state index is 11.9. The molecule has 0 radical (unpaired) electrons. The van der Waals surface area contributed by atoms with Crippen molar-refractivity contribution in [1.29, 1.82) is 0 Å². The van der Waals surface area contributed by atoms with Crippen molar-refractivity contribution < 1.29 is 9.90 Å². The summed E-state index contributed by atoms with van der Waals surface area (Å²) in [4.78, 5) is 13.3. The number of amides is 2. The fraction of sp³-hybridized carbons (Fsp3) is 0.462. The van der Waals surface area contributed by atoms with E-state index in [0.717, 1.165) is 15.7 Å². The number of benzene rings is 1. The Kier molecular flexibility index (Phi) is 4.76. The van der Waals surface area contributed by atoms with Crippen LogP contribution in [-0.4, -0.2) is 35.2 Å². The van der Waals surface area contributed by atoms with Gasteiger partial charge in [-0.2, -0.15) is 0 Å². The van der Waals surface area contributed by atoms with E-state index in [0.29, 0.717) is 0 Å². The molecule has 0 saturated carbocycles. The molecule has 0 heterocycles. The number of carbonyl (C=O) groups excluding carboxylic acids is 1. The van der Waals surface area contributed by atoms with Crippen LogP contribution >= 0.6 is 15.9 Å². The summed E-state index contributed by atoms with van der Waals surface area (Å²) in [6.07, 6.45) is 0. The predicted octanol–water partition coefficient (Wildman–Crippen LogP) is 2.99. The molecule has 18 heavy (non-hydrogen) atoms. The van der Waals surface area contributed by atoms with E-state index < -0.39 is 5.60 Å². The maximum atomic E-state index is 11.9. The normalized spacial score (nSPS) is 11.2. The number of urea groups is 1. The summed E-state index contributed by atoms with van der Waals surface area (Å²) in [6, 6.07) is 5.38. The zero-order chi connectivity index (χ0) is 13.9. The number of aryl methyl sites for hydroxylation is 1. The minimum Gasteiger partial charge on any atom is -0.389 e. The molecule has 5 heteroatoms. The van der Waals surface area contributed by atoms with Gasteiger partial charge in [0.2, 0.25) is 0 Å². The molecule has 1 rings (SSSR count). The SMILES string of the molecule is Cc1ccc(NC(=O)N(C)CC(C)(C)O)cc1Br. The molecule has 100 valence electrons. The molecule has 0 spiro atoms. The average molecular weight is 315 g/mol. The molecule has 0 fully saturated rings. The molecule has 0 unspecified atom stereocenters. The Bertz CT molecular complexity index is 441. The molecule has 1 aromatic rings. The van der Waals surface area contributed by atoms with Crippen molar-refractivity contribution >= 4 is 27.6 Å². The summed E-state index contributed by atoms with van der Waals surface area (Å²) in [5, 5.41) is 12.4. The molecule has 0 aliphatic carbocycles. The van der Waals surface area contributed by atoms with Gasteiger partial charge in [0.1, 0.15) is 0 Å². The lowest BCUT2D eigenvalue weighted by atomic mass is 10.1. The number of rotatable bonds is 3. The van der Waals surface area contributed by atoms with Crippen LogP contribution in [0.15, 0.2) is 22.7 Å². The lowest BCUT2D eigenvalue weighted by Gasteiger charge is -2.25. The van der Waals surface area contributed by atoms with E-state index in [1.807, 2.05) is 25.1 Å². The minimum absolute atomic E-state index is 0.243. The molecule has 4 nitrogen and oxygen atoms in total. The summed E-state index contributed by atoms with van der Waals surface area (Å²) in [5.41, 5.74) is 0.929. The predicted molar refractivity (Wildman–Crippen MR) is 76.8 cm³/mol. The second kappa shape index (κ2) is 5.71. The van der Waals surface area contributed by atoms with Gasteiger partial charge in [-0.1, -0.05) is 22.0 Å². The van der Waals surface area contributed by atoms with E-state index in [1.165, 1.54) is 4.90 Å². The fourth-order valence-corrected chi connectivity index (χ4v) is 1.92. The topological polar surface area (TPSA) is 52.6 Å². The van der Waals surface area contributed by atoms with Crippen LogP contribution in [0.1, 0.15) is 19.4 Å². The Morgan fingerprint density at radius 1 is 1.50 bits per heavy atom. The van der Waals surface area contributed by atoms with Crippen molar-refractivity contribution in [2.75, 3.05) is 18.9 Å². The Morgan fingerprint density at radius 2 is 2.11 bits per heavy atom. The van der Waals surface area contributed by atoms with Gasteiger partial charge in [0, 0.05) is 17.2 Å². The van der Waals surface area contributed by atoms with E-state index in [2.05, 4.69) is 21.2 Å². The zero-order valence-electron chi connectivity index (χ0n) is 11.1. The number of nitrogens with zero attached hydrogens (tertiary/aromatic N) is 1. The van der Waals surface area contributed by atoms with Crippen LogP contribution in [0.5, 0.6) is 0 Å². The molecule has 2 N–H and O–H groups in total. The van der Waals surface area contributed by atoms with Gasteiger partial charge >= 0.3 is 6.03 Å². The third-order valence-corrected chi connectivity index (χ3v) is 3.25. The minimum atomic E-state index is -0.903. The van der Waals surface area contributed by atoms with E-state index in [9.17, 15) is 9.90 Å². The number of carbonyl (C=O) groups is 1. The van der Waals surface area contributed by atoms with E-state index in [1.54, 1.807) is 20.9 Å². The van der Waals surface area contributed by atoms with Crippen LogP contribution in [-0.2, 0) is 0 Å². The van der Waals surface area contributed by atoms with E-state index >= 15 is 0 Å². The van der Waals surface area contributed by atoms with Gasteiger partial charge in [0.25, 0.3) is 0 Å². The smallest absolute Gasteiger partial charge is 0.321 e. The second-order valence-electron chi connectivity index (χ2n) is 5.06. The van der Waals surface area contributed by atoms with Crippen molar-refractivity contribution in [1.82, 2.24) is 4.90 Å². The van der Waals surface area contributed by atoms with Crippen molar-refractivity contribution in [2.24, 2.45) is 0 Å². The molecule has 2 amide bonds. The van der Waals surface area contributed by atoms with Gasteiger partial charge in [-0.25, -0.2) is 4.79 Å². The molecule has 0 aromatic heterocycles. The zero-order valence-corrected chi connectivity index (χ0v) is 12.7. The summed E-state index contributed by atoms with van der Waals surface area (Å²) in [7, 11) is 1.65. The van der Waals surface area contributed by atoms with Crippen LogP contribution in [0.2, 0.25) is 0 Å². The van der Waals surface area contributed by atoms with E-state index in [4.69, 9.17) is 0 Å². The first kappa shape index (κ1) is 15.0. The third-order valence-electron chi connectivity index (χ3n) is 2.39. The standard InChI is InChI=1S/C13H19BrN2O2/c1-9-5-6-10(7-11(9)14)15-12(17)16(4)8-13(2,3)18/h5-7,18H,8H2,1-4H3,(H,15,17). The highest BCUT2D eigenvalue weighted by Gasteiger charge is 2.19. The highest BCUT2D eigenvalue weighted by molar-refractivity contribution is 9.10. The summed E-state index contributed by atoms with van der Waals surface area (Å²) in [6.45, 7) is 5.58. The Morgan fingerprint density at radius 3 is 2.61 bits per heavy atom. The highest BCUT2D eigenvalue weighted by atomic mass is 79.9. The molecular formula is C13H19BrN2O2. The van der Waals surface area contributed by atoms with Crippen LogP contribution < -0.4 is 5.32 Å². The maximum Gasteiger partial charge on any atom is 0.321 e. The third kappa shape index (κ3) is 4.66. The summed E-state index contributed by atoms with van der Waals surface area (Å²) >= 11 is 3.42. The van der Waals surface area contributed by atoms with Gasteiger partial charge in [-0.05, 0) is 38.5 Å². The summed E-state index contributed by atoms with van der Waals surface area (Å²) < 4.78 is 0.949. The number of nitrogens with one attached hydrogen (secondary N) is 1. The molecule has 0 saturated heterocycles. The second-order valence-corrected chi connectivity index (χ2v) is 5.92. The molecule has 0 bridgehead atoms. The number of hydrogen-bond acceptors (Lipinski definition) is 2. The largest absolute Gasteiger partial charge is 0.389 e. The monoisotopic (exact) mass is 314 g/mol. The van der Waals surface area contributed by atoms with Gasteiger partial charge in [0.05, 0.1) is 12.1 Å². The Labute approximate surface area is 116 Å². The van der Waals surface area contributed by atoms with Gasteiger partial charge < -0.3 is 15.3 Å². The molecule has 0 atom stereocenters. The van der Waals surface area contributed by atoms with Crippen molar-refractivity contribution in [3.05, 3.63) is 28.2 Å². The number of aliphatic hydroxyl groups is 1. The first-order valence-corrected chi connectivity index (χ1v) is 6.49. The fourth-order valence-electron chi connectivity index (χ4n) is 1.54. The molecule has 1 aromatic carbocycles. The van der Waals surface area contributed by atoms with E-state index in [-0.39, 0.29) is 12.6 Å². The first-order valence-electron chi connectivity index (χ1n) is 5.70. The number of hydrogen-bond donors (Lipinski definition) is 2. The van der Waals surface area contributed by atoms with Crippen molar-refractivity contribution in [2.45, 2.75) is 26.4 Å². The van der Waals surface area contributed by atoms with Crippen LogP contribution in [0.4, 0.5) is 10.5 Å². The van der Waals surface area contributed by atoms with Crippen LogP contribution in [0.3, 0.4) is 0 Å². The van der Waals surface area contributed by atoms with Crippen LogP contribution in [0, 0.1) is 6.92 Å². The van der Waals surface area contributed by atoms with Gasteiger partial charge in [0.15, 0.2) is 0 Å². The highest BCUT2D eigenvalue weighted by Crippen LogP contribution is 2.20. The van der Waals surface area contributed by atoms with Crippen molar-refractivity contribution in [3.8, 4) is 0 Å². The number of anilines is 1.